The molecule has 3 aliphatic rings. The average Bonchev–Trinajstić information content (AvgIpc) is 3.17. The molecule has 5 rings (SSSR count). The Morgan fingerprint density at radius 1 is 1.13 bits per heavy atom. The molecule has 2 aromatic rings. The highest BCUT2D eigenvalue weighted by Gasteiger charge is 2.39. The summed E-state index contributed by atoms with van der Waals surface area (Å²) in [7, 11) is -3.64. The molecular weight excluding hydrogens is 402 g/mol. The number of rotatable bonds is 3. The van der Waals surface area contributed by atoms with E-state index in [4.69, 9.17) is 0 Å². The minimum atomic E-state index is -3.64. The van der Waals surface area contributed by atoms with Gasteiger partial charge in [-0.3, -0.25) is 9.59 Å². The second-order valence-corrected chi connectivity index (χ2v) is 10.4. The monoisotopic (exact) mass is 427 g/mol. The summed E-state index contributed by atoms with van der Waals surface area (Å²) in [5, 5.41) is 0. The zero-order valence-corrected chi connectivity index (χ0v) is 17.8. The molecule has 0 N–H and O–H groups in total. The van der Waals surface area contributed by atoms with E-state index in [0.717, 1.165) is 23.4 Å². The van der Waals surface area contributed by atoms with Gasteiger partial charge in [0.25, 0.3) is 5.56 Å². The van der Waals surface area contributed by atoms with Crippen molar-refractivity contribution < 1.29 is 13.2 Å². The number of pyridine rings is 1. The first-order chi connectivity index (χ1) is 14.4. The van der Waals surface area contributed by atoms with Crippen LogP contribution in [0.2, 0.25) is 0 Å². The van der Waals surface area contributed by atoms with Gasteiger partial charge in [0, 0.05) is 56.0 Å². The van der Waals surface area contributed by atoms with Gasteiger partial charge in [-0.25, -0.2) is 8.42 Å². The molecule has 1 fully saturated rings. The molecule has 0 saturated carbocycles. The number of anilines is 1. The maximum Gasteiger partial charge on any atom is 0.250 e. The average molecular weight is 428 g/mol. The first-order valence-electron chi connectivity index (χ1n) is 10.5. The third-order valence-electron chi connectivity index (χ3n) is 6.63. The second-order valence-electron chi connectivity index (χ2n) is 8.46. The summed E-state index contributed by atoms with van der Waals surface area (Å²) in [6.07, 6.45) is 2.01. The van der Waals surface area contributed by atoms with E-state index in [1.54, 1.807) is 44.1 Å². The molecule has 1 aromatic heterocycles. The minimum absolute atomic E-state index is 0.0108. The molecule has 2 bridgehead atoms. The molecule has 2 atom stereocenters. The van der Waals surface area contributed by atoms with Gasteiger partial charge in [0.2, 0.25) is 15.9 Å². The molecule has 7 nitrogen and oxygen atoms in total. The summed E-state index contributed by atoms with van der Waals surface area (Å²) >= 11 is 0. The van der Waals surface area contributed by atoms with E-state index in [2.05, 4.69) is 0 Å². The molecule has 2 unspecified atom stereocenters. The number of carbonyl (C=O) groups excluding carboxylic acids is 1. The quantitative estimate of drug-likeness (QED) is 0.750. The van der Waals surface area contributed by atoms with Crippen molar-refractivity contribution in [2.45, 2.75) is 43.5 Å². The number of hydrogen-bond donors (Lipinski definition) is 0. The fraction of sp³-hybridized carbons (Fsp3) is 0.455. The largest absolute Gasteiger partial charge is 0.312 e. The summed E-state index contributed by atoms with van der Waals surface area (Å²) in [6.45, 7) is 3.82. The van der Waals surface area contributed by atoms with Crippen LogP contribution < -0.4 is 10.5 Å². The Balaban J connectivity index is 1.44. The highest BCUT2D eigenvalue weighted by molar-refractivity contribution is 7.89. The second kappa shape index (κ2) is 7.06. The topological polar surface area (TPSA) is 79.7 Å². The smallest absolute Gasteiger partial charge is 0.250 e. The molecular formula is C22H25N3O4S. The zero-order chi connectivity index (χ0) is 21.0. The highest BCUT2D eigenvalue weighted by atomic mass is 32.2. The van der Waals surface area contributed by atoms with Crippen LogP contribution in [0.15, 0.2) is 46.1 Å². The Hall–Kier alpha value is -2.45. The molecule has 1 aromatic carbocycles. The lowest BCUT2D eigenvalue weighted by Crippen LogP contribution is -2.49. The Kier molecular flexibility index (Phi) is 4.59. The van der Waals surface area contributed by atoms with Crippen LogP contribution >= 0.6 is 0 Å². The van der Waals surface area contributed by atoms with Gasteiger partial charge in [-0.15, -0.1) is 0 Å². The fourth-order valence-corrected chi connectivity index (χ4v) is 6.80. The number of sulfonamides is 1. The van der Waals surface area contributed by atoms with Crippen LogP contribution in [0.5, 0.6) is 0 Å². The van der Waals surface area contributed by atoms with Crippen molar-refractivity contribution in [1.82, 2.24) is 8.87 Å². The molecule has 0 aliphatic carbocycles. The van der Waals surface area contributed by atoms with Gasteiger partial charge in [-0.2, -0.15) is 4.31 Å². The summed E-state index contributed by atoms with van der Waals surface area (Å²) in [6, 6.07) is 10.4. The number of benzene rings is 1. The molecule has 1 saturated heterocycles. The predicted molar refractivity (Wildman–Crippen MR) is 113 cm³/mol. The Bertz CT molecular complexity index is 1190. The van der Waals surface area contributed by atoms with Gasteiger partial charge < -0.3 is 9.47 Å². The van der Waals surface area contributed by atoms with Gasteiger partial charge in [0.05, 0.1) is 4.90 Å². The Labute approximate surface area is 176 Å². The van der Waals surface area contributed by atoms with E-state index in [1.165, 1.54) is 0 Å². The van der Waals surface area contributed by atoms with Crippen LogP contribution in [0.4, 0.5) is 5.69 Å². The van der Waals surface area contributed by atoms with Crippen molar-refractivity contribution in [3.8, 4) is 0 Å². The minimum Gasteiger partial charge on any atom is -0.312 e. The fourth-order valence-electron chi connectivity index (χ4n) is 5.19. The van der Waals surface area contributed by atoms with E-state index in [9.17, 15) is 18.0 Å². The molecule has 8 heteroatoms. The molecule has 1 amide bonds. The van der Waals surface area contributed by atoms with Crippen LogP contribution in [0, 0.1) is 5.92 Å². The summed E-state index contributed by atoms with van der Waals surface area (Å²) in [5.74, 6) is 0.230. The number of fused-ring (bicyclic) bond motifs is 5. The molecule has 3 aliphatic heterocycles. The lowest BCUT2D eigenvalue weighted by Gasteiger charge is -2.42. The van der Waals surface area contributed by atoms with E-state index in [1.807, 2.05) is 13.0 Å². The lowest BCUT2D eigenvalue weighted by molar-refractivity contribution is -0.118. The van der Waals surface area contributed by atoms with E-state index in [-0.39, 0.29) is 28.2 Å². The maximum atomic E-state index is 13.4. The van der Waals surface area contributed by atoms with E-state index < -0.39 is 10.0 Å². The van der Waals surface area contributed by atoms with Crippen molar-refractivity contribution in [2.24, 2.45) is 5.92 Å². The Morgan fingerprint density at radius 2 is 1.97 bits per heavy atom. The summed E-state index contributed by atoms with van der Waals surface area (Å²) in [5.41, 5.74) is 2.65. The van der Waals surface area contributed by atoms with Crippen molar-refractivity contribution in [3.05, 3.63) is 58.0 Å². The van der Waals surface area contributed by atoms with Crippen molar-refractivity contribution in [2.75, 3.05) is 24.5 Å². The number of piperidine rings is 1. The van der Waals surface area contributed by atoms with Gasteiger partial charge in [-0.1, -0.05) is 13.0 Å². The Morgan fingerprint density at radius 3 is 2.77 bits per heavy atom. The molecule has 30 heavy (non-hydrogen) atoms. The van der Waals surface area contributed by atoms with Gasteiger partial charge in [0.15, 0.2) is 0 Å². The van der Waals surface area contributed by atoms with Crippen molar-refractivity contribution in [3.63, 3.8) is 0 Å². The van der Waals surface area contributed by atoms with Crippen LogP contribution in [-0.2, 0) is 27.8 Å². The van der Waals surface area contributed by atoms with Crippen molar-refractivity contribution in [1.29, 1.82) is 0 Å². The third-order valence-corrected chi connectivity index (χ3v) is 8.46. The molecule has 0 spiro atoms. The van der Waals surface area contributed by atoms with Gasteiger partial charge in [-0.05, 0) is 48.6 Å². The standard InChI is InChI=1S/C22H25N3O4S/c1-2-21(26)24-9-8-16-11-18(6-7-20(16)24)30(28,29)23-12-15-10-17(14-23)19-4-3-5-22(27)25(19)13-15/h3-7,11,15,17H,2,8-10,12-14H2,1H3. The first-order valence-corrected chi connectivity index (χ1v) is 12.0. The van der Waals surface area contributed by atoms with Gasteiger partial charge in [0.1, 0.15) is 0 Å². The van der Waals surface area contributed by atoms with Crippen LogP contribution in [-0.4, -0.2) is 42.8 Å². The molecule has 158 valence electrons. The maximum absolute atomic E-state index is 13.4. The van der Waals surface area contributed by atoms with Crippen molar-refractivity contribution >= 4 is 21.6 Å². The molecule has 4 heterocycles. The SMILES string of the molecule is CCC(=O)N1CCc2cc(S(=O)(=O)N3CC4CC(C3)c3cccc(=O)n3C4)ccc21. The van der Waals surface area contributed by atoms with Crippen LogP contribution in [0.3, 0.4) is 0 Å². The number of hydrogen-bond acceptors (Lipinski definition) is 4. The number of carbonyl (C=O) groups is 1. The number of aromatic nitrogens is 1. The number of nitrogens with zero attached hydrogens (tertiary/aromatic N) is 3. The zero-order valence-electron chi connectivity index (χ0n) is 17.0. The normalized spacial score (nSPS) is 23.2. The van der Waals surface area contributed by atoms with Gasteiger partial charge >= 0.3 is 0 Å². The lowest BCUT2D eigenvalue weighted by atomic mass is 9.84. The van der Waals surface area contributed by atoms with Crippen LogP contribution in [0.25, 0.3) is 0 Å². The third kappa shape index (κ3) is 3.01. The van der Waals surface area contributed by atoms with E-state index in [0.29, 0.717) is 39.0 Å². The summed E-state index contributed by atoms with van der Waals surface area (Å²) < 4.78 is 30.3. The van der Waals surface area contributed by atoms with Crippen LogP contribution in [0.1, 0.15) is 36.9 Å². The summed E-state index contributed by atoms with van der Waals surface area (Å²) in [4.78, 5) is 26.4. The number of amides is 1. The molecule has 0 radical (unpaired) electrons. The predicted octanol–water partition coefficient (Wildman–Crippen LogP) is 1.96. The first kappa shape index (κ1) is 19.5. The highest BCUT2D eigenvalue weighted by Crippen LogP contribution is 2.38. The van der Waals surface area contributed by atoms with E-state index >= 15 is 0 Å².